The Balaban J connectivity index is 1.64. The maximum atomic E-state index is 5.88. The summed E-state index contributed by atoms with van der Waals surface area (Å²) in [7, 11) is -0.448. The van der Waals surface area contributed by atoms with Crippen molar-refractivity contribution >= 4 is 26.5 Å². The third-order valence-electron chi connectivity index (χ3n) is 5.01. The molecule has 0 bridgehead atoms. The lowest BCUT2D eigenvalue weighted by Gasteiger charge is -2.23. The van der Waals surface area contributed by atoms with E-state index in [2.05, 4.69) is 60.7 Å². The molecule has 0 radical (unpaired) electrons. The van der Waals surface area contributed by atoms with Crippen molar-refractivity contribution < 1.29 is 18.9 Å². The van der Waals surface area contributed by atoms with Gasteiger partial charge in [0.1, 0.15) is 0 Å². The first-order valence-corrected chi connectivity index (χ1v) is 14.3. The minimum absolute atomic E-state index is 0.224. The third-order valence-corrected chi connectivity index (χ3v) is 10.4. The summed E-state index contributed by atoms with van der Waals surface area (Å²) >= 11 is 0. The fourth-order valence-electron chi connectivity index (χ4n) is 3.37. The summed E-state index contributed by atoms with van der Waals surface area (Å²) < 4.78 is 22.9. The van der Waals surface area contributed by atoms with E-state index in [1.807, 2.05) is 0 Å². The second-order valence-electron chi connectivity index (χ2n) is 7.09. The molecule has 1 fully saturated rings. The molecule has 0 aromatic heterocycles. The number of hydrogen-bond donors (Lipinski definition) is 0. The van der Waals surface area contributed by atoms with Crippen molar-refractivity contribution in [2.24, 2.45) is 0 Å². The van der Waals surface area contributed by atoms with Crippen LogP contribution in [-0.4, -0.2) is 77.5 Å². The Kier molecular flexibility index (Phi) is 11.9. The third kappa shape index (κ3) is 9.10. The van der Waals surface area contributed by atoms with Crippen molar-refractivity contribution in [3.63, 3.8) is 0 Å². The van der Waals surface area contributed by atoms with Crippen LogP contribution in [0.3, 0.4) is 0 Å². The first-order valence-electron chi connectivity index (χ1n) is 10.8. The second kappa shape index (κ2) is 15.0. The smallest absolute Gasteiger partial charge is 0.0701 e. The maximum absolute atomic E-state index is 5.88. The molecule has 1 aliphatic rings. The molecule has 164 valence electrons. The van der Waals surface area contributed by atoms with Crippen LogP contribution >= 0.6 is 15.8 Å². The highest BCUT2D eigenvalue weighted by molar-refractivity contribution is 7.69. The standard InChI is InChI=1S/C24H34O4P2/c1-3-7-23(8-4-1)29-19-17-27-15-13-25-11-12-26-14-16-28-18-20-30(22-21-29)24-9-5-2-6-10-24/h1-10H,11-22H2/t29-,30-/m0/s1. The van der Waals surface area contributed by atoms with E-state index in [-0.39, 0.29) is 15.8 Å². The van der Waals surface area contributed by atoms with Gasteiger partial charge in [-0.25, -0.2) is 0 Å². The van der Waals surface area contributed by atoms with E-state index in [0.717, 1.165) is 25.5 Å². The SMILES string of the molecule is c1ccc([P@@]2CCOCCOCCOCCOCC[P@](c3ccccc3)CC2)cc1. The molecule has 1 aliphatic heterocycles. The predicted octanol–water partition coefficient (Wildman–Crippen LogP) is 3.68. The summed E-state index contributed by atoms with van der Waals surface area (Å²) in [6.07, 6.45) is 4.69. The normalized spacial score (nSPS) is 23.9. The number of hydrogen-bond acceptors (Lipinski definition) is 4. The van der Waals surface area contributed by atoms with Gasteiger partial charge in [-0.2, -0.15) is 0 Å². The summed E-state index contributed by atoms with van der Waals surface area (Å²) in [5.74, 6) is 0. The summed E-state index contributed by atoms with van der Waals surface area (Å²) in [5.41, 5.74) is 0. The quantitative estimate of drug-likeness (QED) is 0.657. The molecule has 0 N–H and O–H groups in total. The van der Waals surface area contributed by atoms with Crippen LogP contribution in [0.25, 0.3) is 0 Å². The zero-order chi connectivity index (χ0) is 20.7. The number of ether oxygens (including phenoxy) is 4. The van der Waals surface area contributed by atoms with Gasteiger partial charge in [-0.1, -0.05) is 76.5 Å². The first kappa shape index (κ1) is 23.8. The number of rotatable bonds is 2. The highest BCUT2D eigenvalue weighted by atomic mass is 31.1. The Hall–Kier alpha value is -0.860. The topological polar surface area (TPSA) is 36.9 Å². The lowest BCUT2D eigenvalue weighted by atomic mass is 10.4. The summed E-state index contributed by atoms with van der Waals surface area (Å²) in [6, 6.07) is 22.0. The minimum Gasteiger partial charge on any atom is -0.379 e. The summed E-state index contributed by atoms with van der Waals surface area (Å²) in [4.78, 5) is 0. The molecule has 3 rings (SSSR count). The van der Waals surface area contributed by atoms with Gasteiger partial charge in [0.25, 0.3) is 0 Å². The molecule has 1 saturated heterocycles. The van der Waals surface area contributed by atoms with Crippen LogP contribution in [0.1, 0.15) is 0 Å². The predicted molar refractivity (Wildman–Crippen MR) is 129 cm³/mol. The fraction of sp³-hybridized carbons (Fsp3) is 0.500. The highest BCUT2D eigenvalue weighted by Crippen LogP contribution is 2.41. The summed E-state index contributed by atoms with van der Waals surface area (Å²) in [5, 5.41) is 2.97. The van der Waals surface area contributed by atoms with Crippen LogP contribution in [0.5, 0.6) is 0 Å². The van der Waals surface area contributed by atoms with Crippen molar-refractivity contribution in [3.8, 4) is 0 Å². The van der Waals surface area contributed by atoms with E-state index in [4.69, 9.17) is 18.9 Å². The molecular weight excluding hydrogens is 414 g/mol. The van der Waals surface area contributed by atoms with E-state index in [9.17, 15) is 0 Å². The van der Waals surface area contributed by atoms with Crippen molar-refractivity contribution in [2.75, 3.05) is 77.5 Å². The van der Waals surface area contributed by atoms with Crippen molar-refractivity contribution in [2.45, 2.75) is 0 Å². The van der Waals surface area contributed by atoms with Crippen LogP contribution < -0.4 is 10.6 Å². The van der Waals surface area contributed by atoms with Crippen LogP contribution in [0.2, 0.25) is 0 Å². The molecular formula is C24H34O4P2. The molecule has 30 heavy (non-hydrogen) atoms. The molecule has 0 spiro atoms. The molecule has 2 atom stereocenters. The van der Waals surface area contributed by atoms with Crippen LogP contribution in [-0.2, 0) is 18.9 Å². The fourth-order valence-corrected chi connectivity index (χ4v) is 8.67. The first-order chi connectivity index (χ1) is 14.9. The minimum atomic E-state index is -0.224. The summed E-state index contributed by atoms with van der Waals surface area (Å²) in [6.45, 7) is 5.37. The van der Waals surface area contributed by atoms with Crippen molar-refractivity contribution in [1.82, 2.24) is 0 Å². The molecule has 0 aliphatic carbocycles. The van der Waals surface area contributed by atoms with Gasteiger partial charge in [-0.15, -0.1) is 0 Å². The van der Waals surface area contributed by atoms with Crippen LogP contribution in [0.15, 0.2) is 60.7 Å². The lowest BCUT2D eigenvalue weighted by Crippen LogP contribution is -2.17. The molecule has 0 amide bonds. The van der Waals surface area contributed by atoms with E-state index >= 15 is 0 Å². The maximum Gasteiger partial charge on any atom is 0.0701 e. The zero-order valence-corrected chi connectivity index (χ0v) is 19.6. The largest absolute Gasteiger partial charge is 0.379 e. The molecule has 0 unspecified atom stereocenters. The molecule has 4 nitrogen and oxygen atoms in total. The molecule has 2 aromatic rings. The highest BCUT2D eigenvalue weighted by Gasteiger charge is 2.16. The van der Waals surface area contributed by atoms with Gasteiger partial charge < -0.3 is 18.9 Å². The Labute approximate surface area is 183 Å². The zero-order valence-electron chi connectivity index (χ0n) is 17.8. The van der Waals surface area contributed by atoms with E-state index in [1.54, 1.807) is 0 Å². The van der Waals surface area contributed by atoms with Gasteiger partial charge >= 0.3 is 0 Å². The van der Waals surface area contributed by atoms with E-state index < -0.39 is 0 Å². The van der Waals surface area contributed by atoms with Crippen molar-refractivity contribution in [1.29, 1.82) is 0 Å². The molecule has 1 heterocycles. The van der Waals surface area contributed by atoms with E-state index in [0.29, 0.717) is 39.6 Å². The Bertz CT molecular complexity index is 612. The van der Waals surface area contributed by atoms with Gasteiger partial charge in [-0.05, 0) is 35.3 Å². The van der Waals surface area contributed by atoms with Crippen LogP contribution in [0, 0.1) is 0 Å². The van der Waals surface area contributed by atoms with Crippen LogP contribution in [0.4, 0.5) is 0 Å². The lowest BCUT2D eigenvalue weighted by molar-refractivity contribution is 0.00135. The second-order valence-corrected chi connectivity index (χ2v) is 12.1. The average Bonchev–Trinajstić information content (AvgIpc) is 2.80. The van der Waals surface area contributed by atoms with Crippen molar-refractivity contribution in [3.05, 3.63) is 60.7 Å². The molecule has 6 heteroatoms. The van der Waals surface area contributed by atoms with Gasteiger partial charge in [0.2, 0.25) is 0 Å². The van der Waals surface area contributed by atoms with Gasteiger partial charge in [0, 0.05) is 0 Å². The molecule has 0 saturated carbocycles. The molecule has 2 aromatic carbocycles. The Morgan fingerprint density at radius 1 is 0.400 bits per heavy atom. The number of benzene rings is 2. The van der Waals surface area contributed by atoms with Gasteiger partial charge in [0.15, 0.2) is 0 Å². The van der Waals surface area contributed by atoms with Gasteiger partial charge in [0.05, 0.1) is 52.9 Å². The Morgan fingerprint density at radius 2 is 0.733 bits per heavy atom. The average molecular weight is 448 g/mol. The monoisotopic (exact) mass is 448 g/mol. The Morgan fingerprint density at radius 3 is 1.10 bits per heavy atom. The van der Waals surface area contributed by atoms with Gasteiger partial charge in [-0.3, -0.25) is 0 Å². The van der Waals surface area contributed by atoms with E-state index in [1.165, 1.54) is 22.9 Å².